The van der Waals surface area contributed by atoms with Crippen molar-refractivity contribution in [1.82, 2.24) is 0 Å². The van der Waals surface area contributed by atoms with E-state index in [4.69, 9.17) is 11.6 Å². The number of ether oxygens (including phenoxy) is 1. The van der Waals surface area contributed by atoms with Gasteiger partial charge in [0.2, 0.25) is 0 Å². The molecule has 0 aromatic heterocycles. The van der Waals surface area contributed by atoms with Gasteiger partial charge in [-0.3, -0.25) is 5.32 Å². The number of amides is 1. The first-order valence-electron chi connectivity index (χ1n) is 4.99. The summed E-state index contributed by atoms with van der Waals surface area (Å²) >= 11 is 6.07. The smallest absolute Gasteiger partial charge is 0.411 e. The van der Waals surface area contributed by atoms with Crippen molar-refractivity contribution >= 4 is 23.4 Å². The van der Waals surface area contributed by atoms with Crippen LogP contribution in [0.4, 0.5) is 10.5 Å². The van der Waals surface area contributed by atoms with E-state index in [9.17, 15) is 4.79 Å². The fraction of sp³-hybridized carbons (Fsp3) is 0.417. The van der Waals surface area contributed by atoms with Crippen LogP contribution >= 0.6 is 11.6 Å². The molecule has 0 aliphatic heterocycles. The number of halogens is 1. The topological polar surface area (TPSA) is 38.3 Å². The average Bonchev–Trinajstić information content (AvgIpc) is 2.19. The number of methoxy groups -OCH3 is 1. The van der Waals surface area contributed by atoms with Gasteiger partial charge in [0.1, 0.15) is 0 Å². The van der Waals surface area contributed by atoms with E-state index in [0.29, 0.717) is 10.7 Å². The largest absolute Gasteiger partial charge is 0.453 e. The van der Waals surface area contributed by atoms with Gasteiger partial charge in [0.05, 0.1) is 17.8 Å². The van der Waals surface area contributed by atoms with Gasteiger partial charge in [0.15, 0.2) is 0 Å². The van der Waals surface area contributed by atoms with Crippen molar-refractivity contribution in [2.24, 2.45) is 0 Å². The molecule has 3 nitrogen and oxygen atoms in total. The lowest BCUT2D eigenvalue weighted by Gasteiger charge is -2.20. The van der Waals surface area contributed by atoms with Crippen molar-refractivity contribution in [2.75, 3.05) is 12.4 Å². The Morgan fingerprint density at radius 3 is 2.44 bits per heavy atom. The maximum Gasteiger partial charge on any atom is 0.411 e. The van der Waals surface area contributed by atoms with Crippen molar-refractivity contribution in [1.29, 1.82) is 0 Å². The maximum absolute atomic E-state index is 11.0. The highest BCUT2D eigenvalue weighted by Gasteiger charge is 2.15. The van der Waals surface area contributed by atoms with Gasteiger partial charge < -0.3 is 4.74 Å². The first kappa shape index (κ1) is 12.8. The van der Waals surface area contributed by atoms with Crippen LogP contribution in [-0.2, 0) is 10.2 Å². The van der Waals surface area contributed by atoms with Crippen LogP contribution in [0.3, 0.4) is 0 Å². The highest BCUT2D eigenvalue weighted by atomic mass is 35.5. The standard InChI is InChI=1S/C12H16ClNO2/c1-12(2,3)8-5-6-10(9(13)7-8)14-11(15)16-4/h5-7H,1-4H3,(H,14,15). The molecule has 0 bridgehead atoms. The van der Waals surface area contributed by atoms with Crippen molar-refractivity contribution in [3.63, 3.8) is 0 Å². The molecule has 0 atom stereocenters. The van der Waals surface area contributed by atoms with Crippen LogP contribution in [-0.4, -0.2) is 13.2 Å². The molecule has 0 unspecified atom stereocenters. The minimum atomic E-state index is -0.523. The molecular formula is C12H16ClNO2. The Bertz CT molecular complexity index is 396. The Morgan fingerprint density at radius 1 is 1.38 bits per heavy atom. The summed E-state index contributed by atoms with van der Waals surface area (Å²) in [6, 6.07) is 5.57. The van der Waals surface area contributed by atoms with Gasteiger partial charge in [0, 0.05) is 0 Å². The number of hydrogen-bond donors (Lipinski definition) is 1. The van der Waals surface area contributed by atoms with Crippen molar-refractivity contribution in [2.45, 2.75) is 26.2 Å². The highest BCUT2D eigenvalue weighted by Crippen LogP contribution is 2.29. The van der Waals surface area contributed by atoms with Gasteiger partial charge in [-0.1, -0.05) is 38.4 Å². The predicted octanol–water partition coefficient (Wildman–Crippen LogP) is 3.82. The first-order valence-corrected chi connectivity index (χ1v) is 5.37. The molecule has 0 heterocycles. The van der Waals surface area contributed by atoms with Crippen LogP contribution in [0.1, 0.15) is 26.3 Å². The molecule has 1 amide bonds. The second-order valence-corrected chi connectivity index (χ2v) is 4.97. The SMILES string of the molecule is COC(=O)Nc1ccc(C(C)(C)C)cc1Cl. The summed E-state index contributed by atoms with van der Waals surface area (Å²) in [5.74, 6) is 0. The van der Waals surface area contributed by atoms with E-state index in [1.54, 1.807) is 6.07 Å². The highest BCUT2D eigenvalue weighted by molar-refractivity contribution is 6.33. The van der Waals surface area contributed by atoms with E-state index in [1.165, 1.54) is 7.11 Å². The second kappa shape index (κ2) is 4.74. The molecule has 1 rings (SSSR count). The molecule has 0 fully saturated rings. The van der Waals surface area contributed by atoms with E-state index in [-0.39, 0.29) is 5.41 Å². The molecule has 0 saturated heterocycles. The summed E-state index contributed by atoms with van der Waals surface area (Å²) in [5.41, 5.74) is 1.71. The monoisotopic (exact) mass is 241 g/mol. The van der Waals surface area contributed by atoms with Gasteiger partial charge in [-0.25, -0.2) is 4.79 Å². The molecule has 88 valence electrons. The summed E-state index contributed by atoms with van der Waals surface area (Å²) in [6.07, 6.45) is -0.523. The van der Waals surface area contributed by atoms with Gasteiger partial charge in [0.25, 0.3) is 0 Å². The molecule has 0 radical (unpaired) electrons. The normalized spacial score (nSPS) is 11.1. The van der Waals surface area contributed by atoms with Crippen molar-refractivity contribution < 1.29 is 9.53 Å². The fourth-order valence-corrected chi connectivity index (χ4v) is 1.47. The van der Waals surface area contributed by atoms with E-state index in [2.05, 4.69) is 30.8 Å². The summed E-state index contributed by atoms with van der Waals surface area (Å²) in [6.45, 7) is 6.31. The van der Waals surface area contributed by atoms with E-state index in [1.807, 2.05) is 12.1 Å². The van der Waals surface area contributed by atoms with Gasteiger partial charge >= 0.3 is 6.09 Å². The molecule has 16 heavy (non-hydrogen) atoms. The third kappa shape index (κ3) is 3.14. The van der Waals surface area contributed by atoms with E-state index in [0.717, 1.165) is 5.56 Å². The number of benzene rings is 1. The zero-order chi connectivity index (χ0) is 12.3. The number of carbonyl (C=O) groups is 1. The van der Waals surface area contributed by atoms with Crippen LogP contribution in [0.15, 0.2) is 18.2 Å². The van der Waals surface area contributed by atoms with E-state index >= 15 is 0 Å². The lowest BCUT2D eigenvalue weighted by atomic mass is 9.87. The summed E-state index contributed by atoms with van der Waals surface area (Å²) in [4.78, 5) is 11.0. The van der Waals surface area contributed by atoms with Gasteiger partial charge in [-0.05, 0) is 23.1 Å². The molecule has 1 N–H and O–H groups in total. The number of hydrogen-bond acceptors (Lipinski definition) is 2. The Hall–Kier alpha value is -1.22. The molecule has 1 aromatic carbocycles. The van der Waals surface area contributed by atoms with Crippen LogP contribution in [0, 0.1) is 0 Å². The van der Waals surface area contributed by atoms with Crippen LogP contribution in [0.5, 0.6) is 0 Å². The maximum atomic E-state index is 11.0. The molecule has 4 heteroatoms. The quantitative estimate of drug-likeness (QED) is 0.812. The average molecular weight is 242 g/mol. The first-order chi connectivity index (χ1) is 7.34. The van der Waals surface area contributed by atoms with Crippen LogP contribution in [0.2, 0.25) is 5.02 Å². The minimum Gasteiger partial charge on any atom is -0.453 e. The Kier molecular flexibility index (Phi) is 3.81. The molecule has 0 aliphatic carbocycles. The third-order valence-electron chi connectivity index (χ3n) is 2.26. The fourth-order valence-electron chi connectivity index (χ4n) is 1.24. The molecule has 1 aromatic rings. The lowest BCUT2D eigenvalue weighted by molar-refractivity contribution is 0.187. The third-order valence-corrected chi connectivity index (χ3v) is 2.57. The Balaban J connectivity index is 2.96. The predicted molar refractivity (Wildman–Crippen MR) is 66.2 cm³/mol. The van der Waals surface area contributed by atoms with Crippen LogP contribution in [0.25, 0.3) is 0 Å². The molecule has 0 spiro atoms. The summed E-state index contributed by atoms with van der Waals surface area (Å²) in [7, 11) is 1.31. The van der Waals surface area contributed by atoms with Crippen molar-refractivity contribution in [3.05, 3.63) is 28.8 Å². The lowest BCUT2D eigenvalue weighted by Crippen LogP contribution is -2.13. The molecule has 0 saturated carbocycles. The number of nitrogens with one attached hydrogen (secondary N) is 1. The second-order valence-electron chi connectivity index (χ2n) is 4.56. The van der Waals surface area contributed by atoms with Gasteiger partial charge in [-0.2, -0.15) is 0 Å². The number of anilines is 1. The van der Waals surface area contributed by atoms with Crippen LogP contribution < -0.4 is 5.32 Å². The zero-order valence-electron chi connectivity index (χ0n) is 9.93. The van der Waals surface area contributed by atoms with Crippen molar-refractivity contribution in [3.8, 4) is 0 Å². The number of rotatable bonds is 1. The zero-order valence-corrected chi connectivity index (χ0v) is 10.7. The Labute approximate surface area is 101 Å². The summed E-state index contributed by atoms with van der Waals surface area (Å²) in [5, 5.41) is 3.06. The molecular weight excluding hydrogens is 226 g/mol. The Morgan fingerprint density at radius 2 is 2.00 bits per heavy atom. The number of carbonyl (C=O) groups excluding carboxylic acids is 1. The molecule has 0 aliphatic rings. The minimum absolute atomic E-state index is 0.0352. The van der Waals surface area contributed by atoms with Gasteiger partial charge in [-0.15, -0.1) is 0 Å². The van der Waals surface area contributed by atoms with E-state index < -0.39 is 6.09 Å². The summed E-state index contributed by atoms with van der Waals surface area (Å²) < 4.78 is 4.50.